The van der Waals surface area contributed by atoms with E-state index in [0.717, 1.165) is 0 Å². The molecule has 0 aromatic heterocycles. The summed E-state index contributed by atoms with van der Waals surface area (Å²) in [7, 11) is 0. The molecule has 3 nitrogen and oxygen atoms in total. The first-order chi connectivity index (χ1) is 5.68. The molecule has 1 aromatic carbocycles. The van der Waals surface area contributed by atoms with Gasteiger partial charge in [-0.25, -0.2) is 9.18 Å². The van der Waals surface area contributed by atoms with Crippen LogP contribution in [-0.4, -0.2) is 17.7 Å². The van der Waals surface area contributed by atoms with E-state index in [1.54, 1.807) is 0 Å². The van der Waals surface area contributed by atoms with Crippen LogP contribution in [0.3, 0.4) is 0 Å². The fourth-order valence-electron chi connectivity index (χ4n) is 0.676. The van der Waals surface area contributed by atoms with Gasteiger partial charge in [0.15, 0.2) is 6.61 Å². The maximum absolute atomic E-state index is 12.3. The van der Waals surface area contributed by atoms with Crippen molar-refractivity contribution in [1.29, 1.82) is 0 Å². The summed E-state index contributed by atoms with van der Waals surface area (Å²) in [5, 5.41) is 8.23. The molecule has 1 aromatic rings. The normalized spacial score (nSPS) is 8.69. The number of halogens is 1. The third-order valence-corrected chi connectivity index (χ3v) is 1.18. The molecule has 5 heteroatoms. The van der Waals surface area contributed by atoms with Crippen molar-refractivity contribution < 1.29 is 71.8 Å². The molecular weight excluding hydrogens is 202 g/mol. The molecule has 0 amide bonds. The van der Waals surface area contributed by atoms with Crippen molar-refractivity contribution in [3.8, 4) is 5.75 Å². The van der Waals surface area contributed by atoms with Crippen molar-refractivity contribution in [3.05, 3.63) is 30.1 Å². The van der Waals surface area contributed by atoms with Gasteiger partial charge in [-0.1, -0.05) is 0 Å². The van der Waals surface area contributed by atoms with Gasteiger partial charge in [-0.2, -0.15) is 0 Å². The third-order valence-electron chi connectivity index (χ3n) is 1.18. The molecule has 0 aliphatic heterocycles. The van der Waals surface area contributed by atoms with Gasteiger partial charge in [0.25, 0.3) is 0 Å². The molecule has 0 fully saturated rings. The van der Waals surface area contributed by atoms with Crippen LogP contribution in [0.1, 0.15) is 1.43 Å². The molecule has 13 heavy (non-hydrogen) atoms. The minimum atomic E-state index is -1.06. The van der Waals surface area contributed by atoms with E-state index >= 15 is 0 Å². The summed E-state index contributed by atoms with van der Waals surface area (Å²) in [6.45, 7) is -0.411. The maximum atomic E-state index is 12.3. The Bertz CT molecular complexity index is 278. The standard InChI is InChI=1S/C8H7FO3.K.H/c9-6-1-3-7(4-2-6)12-5-8(10)11;;/h1-4H,5H2,(H,10,11);;/q;+1;-1. The summed E-state index contributed by atoms with van der Waals surface area (Å²) in [6, 6.07) is 5.16. The Morgan fingerprint density at radius 3 is 2.46 bits per heavy atom. The van der Waals surface area contributed by atoms with E-state index in [1.807, 2.05) is 0 Å². The van der Waals surface area contributed by atoms with E-state index in [1.165, 1.54) is 24.3 Å². The van der Waals surface area contributed by atoms with Crippen LogP contribution in [0.25, 0.3) is 0 Å². The minimum Gasteiger partial charge on any atom is -1.00 e. The largest absolute Gasteiger partial charge is 1.00 e. The number of benzene rings is 1. The maximum Gasteiger partial charge on any atom is 1.00 e. The molecule has 0 spiro atoms. The van der Waals surface area contributed by atoms with Gasteiger partial charge >= 0.3 is 57.4 Å². The number of carbonyl (C=O) groups is 1. The van der Waals surface area contributed by atoms with Gasteiger partial charge in [0.2, 0.25) is 0 Å². The van der Waals surface area contributed by atoms with Gasteiger partial charge in [0, 0.05) is 0 Å². The zero-order valence-corrected chi connectivity index (χ0v) is 10.3. The van der Waals surface area contributed by atoms with E-state index in [9.17, 15) is 9.18 Å². The minimum absolute atomic E-state index is 0. The van der Waals surface area contributed by atoms with E-state index < -0.39 is 12.6 Å². The second kappa shape index (κ2) is 6.50. The van der Waals surface area contributed by atoms with E-state index in [4.69, 9.17) is 9.84 Å². The molecule has 0 saturated carbocycles. The van der Waals surface area contributed by atoms with Crippen LogP contribution >= 0.6 is 0 Å². The summed E-state index contributed by atoms with van der Waals surface area (Å²) in [5.41, 5.74) is 0. The Morgan fingerprint density at radius 1 is 1.46 bits per heavy atom. The zero-order valence-electron chi connectivity index (χ0n) is 8.16. The molecule has 0 aliphatic carbocycles. The number of aliphatic carboxylic acids is 1. The number of hydrogen-bond acceptors (Lipinski definition) is 2. The van der Waals surface area contributed by atoms with Gasteiger partial charge in [-0.15, -0.1) is 0 Å². The van der Waals surface area contributed by atoms with Crippen molar-refractivity contribution in [2.75, 3.05) is 6.61 Å². The average Bonchev–Trinajstić information content (AvgIpc) is 2.03. The summed E-state index contributed by atoms with van der Waals surface area (Å²) in [6.07, 6.45) is 0. The van der Waals surface area contributed by atoms with Gasteiger partial charge in [-0.05, 0) is 24.3 Å². The molecule has 0 bridgehead atoms. The summed E-state index contributed by atoms with van der Waals surface area (Å²) < 4.78 is 17.1. The van der Waals surface area contributed by atoms with Crippen molar-refractivity contribution in [1.82, 2.24) is 0 Å². The smallest absolute Gasteiger partial charge is 1.00 e. The number of carboxylic acid groups (broad SMARTS) is 1. The topological polar surface area (TPSA) is 46.5 Å². The van der Waals surface area contributed by atoms with Crippen molar-refractivity contribution in [3.63, 3.8) is 0 Å². The van der Waals surface area contributed by atoms with Crippen molar-refractivity contribution >= 4 is 5.97 Å². The van der Waals surface area contributed by atoms with Crippen LogP contribution in [0.4, 0.5) is 4.39 Å². The first-order valence-electron chi connectivity index (χ1n) is 3.28. The Balaban J connectivity index is 0. The molecular formula is C8H8FKO3. The molecule has 1 N–H and O–H groups in total. The summed E-state index contributed by atoms with van der Waals surface area (Å²) >= 11 is 0. The van der Waals surface area contributed by atoms with E-state index in [2.05, 4.69) is 0 Å². The fraction of sp³-hybridized carbons (Fsp3) is 0.125. The van der Waals surface area contributed by atoms with Crippen LogP contribution in [0.15, 0.2) is 24.3 Å². The second-order valence-electron chi connectivity index (χ2n) is 2.14. The summed E-state index contributed by atoms with van der Waals surface area (Å²) in [4.78, 5) is 10.0. The Hall–Kier alpha value is 0.0564. The molecule has 0 radical (unpaired) electrons. The predicted octanol–water partition coefficient (Wildman–Crippen LogP) is -1.59. The predicted molar refractivity (Wildman–Crippen MR) is 40.6 cm³/mol. The SMILES string of the molecule is O=C(O)COc1ccc(F)cc1.[H-].[K+]. The number of ether oxygens (including phenoxy) is 1. The first-order valence-corrected chi connectivity index (χ1v) is 3.28. The van der Waals surface area contributed by atoms with E-state index in [-0.39, 0.29) is 58.6 Å². The molecule has 0 saturated heterocycles. The number of rotatable bonds is 3. The monoisotopic (exact) mass is 210 g/mol. The Kier molecular flexibility index (Phi) is 6.53. The third kappa shape index (κ3) is 5.38. The zero-order chi connectivity index (χ0) is 8.97. The Labute approximate surface area is 119 Å². The molecule has 0 aliphatic rings. The summed E-state index contributed by atoms with van der Waals surface area (Å²) in [5.74, 6) is -1.09. The average molecular weight is 210 g/mol. The first kappa shape index (κ1) is 13.1. The van der Waals surface area contributed by atoms with Gasteiger partial charge < -0.3 is 11.3 Å². The van der Waals surface area contributed by atoms with E-state index in [0.29, 0.717) is 5.75 Å². The van der Waals surface area contributed by atoms with Crippen LogP contribution < -0.4 is 56.1 Å². The second-order valence-corrected chi connectivity index (χ2v) is 2.14. The fourth-order valence-corrected chi connectivity index (χ4v) is 0.676. The van der Waals surface area contributed by atoms with Gasteiger partial charge in [0.1, 0.15) is 11.6 Å². The number of hydrogen-bond donors (Lipinski definition) is 1. The number of carboxylic acids is 1. The van der Waals surface area contributed by atoms with Crippen molar-refractivity contribution in [2.24, 2.45) is 0 Å². The van der Waals surface area contributed by atoms with Crippen molar-refractivity contribution in [2.45, 2.75) is 0 Å². The molecule has 0 heterocycles. The molecule has 0 unspecified atom stereocenters. The van der Waals surface area contributed by atoms with Gasteiger partial charge in [-0.3, -0.25) is 0 Å². The molecule has 1 rings (SSSR count). The van der Waals surface area contributed by atoms with Crippen LogP contribution in [0.5, 0.6) is 5.75 Å². The quantitative estimate of drug-likeness (QED) is 0.612. The van der Waals surface area contributed by atoms with Crippen LogP contribution in [0, 0.1) is 5.82 Å². The van der Waals surface area contributed by atoms with Crippen LogP contribution in [-0.2, 0) is 4.79 Å². The van der Waals surface area contributed by atoms with Gasteiger partial charge in [0.05, 0.1) is 0 Å². The molecule has 66 valence electrons. The van der Waals surface area contributed by atoms with Crippen LogP contribution in [0.2, 0.25) is 0 Å². The Morgan fingerprint density at radius 2 is 2.00 bits per heavy atom. The molecule has 0 atom stereocenters.